The van der Waals surface area contributed by atoms with Gasteiger partial charge in [0.1, 0.15) is 5.82 Å². The second-order valence-corrected chi connectivity index (χ2v) is 8.97. The summed E-state index contributed by atoms with van der Waals surface area (Å²) >= 11 is 3.51. The van der Waals surface area contributed by atoms with Gasteiger partial charge in [-0.3, -0.25) is 4.79 Å². The summed E-state index contributed by atoms with van der Waals surface area (Å²) in [6.07, 6.45) is 5.41. The molecule has 1 aliphatic heterocycles. The summed E-state index contributed by atoms with van der Waals surface area (Å²) < 4.78 is 3.40. The molecular weight excluding hydrogens is 414 g/mol. The van der Waals surface area contributed by atoms with E-state index in [1.807, 2.05) is 6.07 Å². The van der Waals surface area contributed by atoms with E-state index in [0.29, 0.717) is 18.4 Å². The first kappa shape index (κ1) is 17.9. The van der Waals surface area contributed by atoms with Gasteiger partial charge in [-0.2, -0.15) is 0 Å². The molecule has 2 fully saturated rings. The minimum atomic E-state index is 0.177. The van der Waals surface area contributed by atoms with Gasteiger partial charge in [0.2, 0.25) is 5.91 Å². The molecule has 144 valence electrons. The van der Waals surface area contributed by atoms with Crippen molar-refractivity contribution < 1.29 is 4.79 Å². The number of nitrogens with zero attached hydrogens (tertiary/aromatic N) is 3. The van der Waals surface area contributed by atoms with Crippen molar-refractivity contribution in [1.82, 2.24) is 14.5 Å². The molecular formula is C23H24BrN3O. The molecule has 2 aliphatic rings. The molecule has 2 heterocycles. The molecule has 1 saturated carbocycles. The van der Waals surface area contributed by atoms with Crippen LogP contribution in [0.25, 0.3) is 11.0 Å². The molecule has 28 heavy (non-hydrogen) atoms. The maximum absolute atomic E-state index is 12.8. The molecule has 3 aromatic rings. The largest absolute Gasteiger partial charge is 0.339 e. The Morgan fingerprint density at radius 3 is 2.57 bits per heavy atom. The number of para-hydroxylation sites is 2. The summed E-state index contributed by atoms with van der Waals surface area (Å²) in [7, 11) is 0. The normalized spacial score (nSPS) is 20.5. The van der Waals surface area contributed by atoms with Gasteiger partial charge in [0.25, 0.3) is 0 Å². The zero-order chi connectivity index (χ0) is 19.1. The number of carbonyl (C=O) groups excluding carboxylic acids is 1. The standard InChI is InChI=1S/C23H24BrN3O/c24-18-11-9-16(10-12-18)14-27-21-8-4-3-7-20(21)25-23(27)17-13-22(28)26(15-17)19-5-1-2-6-19/h3-4,7-12,17,19H,1-2,5-6,13-15H2. The van der Waals surface area contributed by atoms with E-state index in [4.69, 9.17) is 4.98 Å². The lowest BCUT2D eigenvalue weighted by Crippen LogP contribution is -2.34. The molecule has 5 heteroatoms. The number of fused-ring (bicyclic) bond motifs is 1. The van der Waals surface area contributed by atoms with Gasteiger partial charge in [-0.1, -0.05) is 53.0 Å². The van der Waals surface area contributed by atoms with Crippen molar-refractivity contribution >= 4 is 32.9 Å². The lowest BCUT2D eigenvalue weighted by Gasteiger charge is -2.24. The highest BCUT2D eigenvalue weighted by atomic mass is 79.9. The number of benzene rings is 2. The molecule has 1 saturated heterocycles. The van der Waals surface area contributed by atoms with Crippen molar-refractivity contribution in [3.63, 3.8) is 0 Å². The topological polar surface area (TPSA) is 38.1 Å². The molecule has 1 aromatic heterocycles. The molecule has 0 radical (unpaired) electrons. The first-order valence-electron chi connectivity index (χ1n) is 10.2. The first-order chi connectivity index (χ1) is 13.7. The van der Waals surface area contributed by atoms with Crippen molar-refractivity contribution in [2.45, 2.75) is 50.6 Å². The Kier molecular flexibility index (Phi) is 4.71. The highest BCUT2D eigenvalue weighted by Gasteiger charge is 2.38. The summed E-state index contributed by atoms with van der Waals surface area (Å²) in [6, 6.07) is 17.2. The fourth-order valence-electron chi connectivity index (χ4n) is 4.82. The highest BCUT2D eigenvalue weighted by Crippen LogP contribution is 2.35. The Bertz CT molecular complexity index is 1000. The van der Waals surface area contributed by atoms with Gasteiger partial charge in [-0.15, -0.1) is 0 Å². The summed E-state index contributed by atoms with van der Waals surface area (Å²) in [4.78, 5) is 19.9. The predicted molar refractivity (Wildman–Crippen MR) is 114 cm³/mol. The number of amides is 1. The lowest BCUT2D eigenvalue weighted by atomic mass is 10.1. The third-order valence-electron chi connectivity index (χ3n) is 6.23. The minimum absolute atomic E-state index is 0.177. The van der Waals surface area contributed by atoms with Crippen molar-refractivity contribution in [3.8, 4) is 0 Å². The molecule has 0 spiro atoms. The van der Waals surface area contributed by atoms with Crippen LogP contribution in [0.5, 0.6) is 0 Å². The number of halogens is 1. The first-order valence-corrected chi connectivity index (χ1v) is 11.0. The van der Waals surface area contributed by atoms with Gasteiger partial charge in [0.15, 0.2) is 0 Å². The smallest absolute Gasteiger partial charge is 0.223 e. The highest BCUT2D eigenvalue weighted by molar-refractivity contribution is 9.10. The predicted octanol–water partition coefficient (Wildman–Crippen LogP) is 5.11. The van der Waals surface area contributed by atoms with E-state index in [2.05, 4.69) is 67.9 Å². The van der Waals surface area contributed by atoms with E-state index in [1.54, 1.807) is 0 Å². The number of hydrogen-bond donors (Lipinski definition) is 0. The average molecular weight is 438 g/mol. The second kappa shape index (κ2) is 7.36. The molecule has 4 nitrogen and oxygen atoms in total. The van der Waals surface area contributed by atoms with Crippen molar-refractivity contribution in [2.24, 2.45) is 0 Å². The van der Waals surface area contributed by atoms with Crippen LogP contribution in [0, 0.1) is 0 Å². The van der Waals surface area contributed by atoms with E-state index < -0.39 is 0 Å². The van der Waals surface area contributed by atoms with Gasteiger partial charge < -0.3 is 9.47 Å². The lowest BCUT2D eigenvalue weighted by molar-refractivity contribution is -0.129. The maximum Gasteiger partial charge on any atom is 0.223 e. The monoisotopic (exact) mass is 437 g/mol. The number of aromatic nitrogens is 2. The fraction of sp³-hybridized carbons (Fsp3) is 0.391. The number of rotatable bonds is 4. The molecule has 1 atom stereocenters. The zero-order valence-electron chi connectivity index (χ0n) is 15.9. The van der Waals surface area contributed by atoms with Crippen LogP contribution in [0.3, 0.4) is 0 Å². The van der Waals surface area contributed by atoms with Crippen LogP contribution in [0.15, 0.2) is 53.0 Å². The Morgan fingerprint density at radius 2 is 1.79 bits per heavy atom. The van der Waals surface area contributed by atoms with Crippen molar-refractivity contribution in [3.05, 3.63) is 64.4 Å². The van der Waals surface area contributed by atoms with Crippen LogP contribution < -0.4 is 0 Å². The van der Waals surface area contributed by atoms with Crippen LogP contribution in [-0.4, -0.2) is 32.9 Å². The van der Waals surface area contributed by atoms with E-state index in [0.717, 1.165) is 47.3 Å². The van der Waals surface area contributed by atoms with Gasteiger partial charge in [-0.25, -0.2) is 4.98 Å². The van der Waals surface area contributed by atoms with Crippen LogP contribution in [-0.2, 0) is 11.3 Å². The second-order valence-electron chi connectivity index (χ2n) is 8.06. The van der Waals surface area contributed by atoms with E-state index in [1.165, 1.54) is 18.4 Å². The number of hydrogen-bond acceptors (Lipinski definition) is 2. The summed E-state index contributed by atoms with van der Waals surface area (Å²) in [5.41, 5.74) is 3.40. The third kappa shape index (κ3) is 3.26. The fourth-order valence-corrected chi connectivity index (χ4v) is 5.08. The summed E-state index contributed by atoms with van der Waals surface area (Å²) in [5.74, 6) is 1.54. The SMILES string of the molecule is O=C1CC(c2nc3ccccc3n2Cc2ccc(Br)cc2)CN1C1CCCC1. The quantitative estimate of drug-likeness (QED) is 0.568. The summed E-state index contributed by atoms with van der Waals surface area (Å²) in [5, 5.41) is 0. The molecule has 5 rings (SSSR count). The Morgan fingerprint density at radius 1 is 1.04 bits per heavy atom. The van der Waals surface area contributed by atoms with Gasteiger partial charge >= 0.3 is 0 Å². The summed E-state index contributed by atoms with van der Waals surface area (Å²) in [6.45, 7) is 1.59. The molecule has 1 unspecified atom stereocenters. The number of likely N-dealkylation sites (tertiary alicyclic amines) is 1. The van der Waals surface area contributed by atoms with Crippen molar-refractivity contribution in [1.29, 1.82) is 0 Å². The average Bonchev–Trinajstić information content (AvgIpc) is 3.42. The van der Waals surface area contributed by atoms with E-state index in [-0.39, 0.29) is 5.92 Å². The van der Waals surface area contributed by atoms with E-state index in [9.17, 15) is 4.79 Å². The number of imidazole rings is 1. The van der Waals surface area contributed by atoms with E-state index >= 15 is 0 Å². The molecule has 0 N–H and O–H groups in total. The Balaban J connectivity index is 1.50. The maximum atomic E-state index is 12.8. The third-order valence-corrected chi connectivity index (χ3v) is 6.76. The molecule has 2 aromatic carbocycles. The molecule has 1 aliphatic carbocycles. The Hall–Kier alpha value is -2.14. The van der Waals surface area contributed by atoms with Gasteiger partial charge in [0.05, 0.1) is 11.0 Å². The molecule has 1 amide bonds. The van der Waals surface area contributed by atoms with Crippen LogP contribution >= 0.6 is 15.9 Å². The van der Waals surface area contributed by atoms with Crippen molar-refractivity contribution in [2.75, 3.05) is 6.54 Å². The Labute approximate surface area is 173 Å². The molecule has 0 bridgehead atoms. The minimum Gasteiger partial charge on any atom is -0.339 e. The van der Waals surface area contributed by atoms with Crippen LogP contribution in [0.2, 0.25) is 0 Å². The number of carbonyl (C=O) groups is 1. The van der Waals surface area contributed by atoms with Crippen LogP contribution in [0.1, 0.15) is 49.4 Å². The van der Waals surface area contributed by atoms with Gasteiger partial charge in [-0.05, 0) is 42.7 Å². The van der Waals surface area contributed by atoms with Crippen LogP contribution in [0.4, 0.5) is 0 Å². The van der Waals surface area contributed by atoms with Gasteiger partial charge in [0, 0.05) is 35.9 Å². The zero-order valence-corrected chi connectivity index (χ0v) is 17.4.